The van der Waals surface area contributed by atoms with Gasteiger partial charge < -0.3 is 4.74 Å². The molecular formula is C11H10BrClO3. The summed E-state index contributed by atoms with van der Waals surface area (Å²) < 4.78 is 4.63. The Hall–Kier alpha value is -0.870. The molecule has 0 fully saturated rings. The fraction of sp³-hybridized carbons (Fsp3) is 0.273. The molecule has 0 saturated heterocycles. The van der Waals surface area contributed by atoms with E-state index in [1.54, 1.807) is 18.2 Å². The minimum atomic E-state index is -0.555. The number of benzene rings is 1. The van der Waals surface area contributed by atoms with Crippen LogP contribution in [0.5, 0.6) is 0 Å². The highest BCUT2D eigenvalue weighted by Gasteiger charge is 2.23. The molecule has 0 aliphatic rings. The molecule has 1 aromatic rings. The van der Waals surface area contributed by atoms with Gasteiger partial charge in [-0.05, 0) is 18.6 Å². The second kappa shape index (κ2) is 5.46. The lowest BCUT2D eigenvalue weighted by molar-refractivity contribution is -0.116. The molecule has 0 radical (unpaired) electrons. The smallest absolute Gasteiger partial charge is 0.339 e. The Labute approximate surface area is 107 Å². The van der Waals surface area contributed by atoms with Crippen molar-refractivity contribution in [3.8, 4) is 0 Å². The SMILES string of the molecule is COC(=O)c1c(Cl)cccc1C(Br)C(C)=O. The Bertz CT molecular complexity index is 431. The van der Waals surface area contributed by atoms with Crippen molar-refractivity contribution in [2.45, 2.75) is 11.8 Å². The highest BCUT2D eigenvalue weighted by Crippen LogP contribution is 2.31. The standard InChI is InChI=1S/C11H10BrClO3/c1-6(14)10(12)7-4-3-5-8(13)9(7)11(15)16-2/h3-5,10H,1-2H3. The molecule has 0 aliphatic carbocycles. The van der Waals surface area contributed by atoms with Gasteiger partial charge in [-0.1, -0.05) is 39.7 Å². The Morgan fingerprint density at radius 2 is 2.06 bits per heavy atom. The molecule has 1 unspecified atom stereocenters. The number of alkyl halides is 1. The highest BCUT2D eigenvalue weighted by molar-refractivity contribution is 9.09. The Balaban J connectivity index is 3.33. The van der Waals surface area contributed by atoms with Crippen LogP contribution in [0.2, 0.25) is 5.02 Å². The van der Waals surface area contributed by atoms with E-state index in [1.165, 1.54) is 14.0 Å². The molecule has 0 bridgehead atoms. The van der Waals surface area contributed by atoms with Gasteiger partial charge in [-0.2, -0.15) is 0 Å². The van der Waals surface area contributed by atoms with E-state index >= 15 is 0 Å². The molecule has 1 aromatic carbocycles. The summed E-state index contributed by atoms with van der Waals surface area (Å²) in [4.78, 5) is 22.3. The molecule has 16 heavy (non-hydrogen) atoms. The fourth-order valence-electron chi connectivity index (χ4n) is 1.29. The van der Waals surface area contributed by atoms with Crippen molar-refractivity contribution in [1.29, 1.82) is 0 Å². The third-order valence-electron chi connectivity index (χ3n) is 2.07. The summed E-state index contributed by atoms with van der Waals surface area (Å²) in [5.74, 6) is -0.654. The molecule has 86 valence electrons. The second-order valence-electron chi connectivity index (χ2n) is 3.17. The van der Waals surface area contributed by atoms with E-state index < -0.39 is 10.8 Å². The predicted octanol–water partition coefficient (Wildman–Crippen LogP) is 3.15. The average Bonchev–Trinajstić information content (AvgIpc) is 2.26. The van der Waals surface area contributed by atoms with Crippen LogP contribution in [-0.4, -0.2) is 18.9 Å². The van der Waals surface area contributed by atoms with Crippen LogP contribution >= 0.6 is 27.5 Å². The maximum absolute atomic E-state index is 11.5. The number of halogens is 2. The van der Waals surface area contributed by atoms with Gasteiger partial charge in [0.05, 0.1) is 22.5 Å². The van der Waals surface area contributed by atoms with Crippen LogP contribution < -0.4 is 0 Å². The Kier molecular flexibility index (Phi) is 4.50. The molecule has 0 amide bonds. The first-order valence-corrected chi connectivity index (χ1v) is 5.79. The van der Waals surface area contributed by atoms with Crippen LogP contribution in [-0.2, 0) is 9.53 Å². The third-order valence-corrected chi connectivity index (χ3v) is 3.52. The topological polar surface area (TPSA) is 43.4 Å². The number of hydrogen-bond acceptors (Lipinski definition) is 3. The van der Waals surface area contributed by atoms with Crippen molar-refractivity contribution >= 4 is 39.3 Å². The van der Waals surface area contributed by atoms with Gasteiger partial charge in [0.2, 0.25) is 0 Å². The van der Waals surface area contributed by atoms with Crippen molar-refractivity contribution in [1.82, 2.24) is 0 Å². The highest BCUT2D eigenvalue weighted by atomic mass is 79.9. The zero-order valence-electron chi connectivity index (χ0n) is 8.79. The first-order chi connectivity index (χ1) is 7.49. The quantitative estimate of drug-likeness (QED) is 0.636. The number of Topliss-reactive ketones (excluding diaryl/α,β-unsaturated/α-hetero) is 1. The third kappa shape index (κ3) is 2.62. The summed E-state index contributed by atoms with van der Waals surface area (Å²) in [7, 11) is 1.27. The van der Waals surface area contributed by atoms with Crippen LogP contribution in [0.15, 0.2) is 18.2 Å². The molecule has 0 saturated carbocycles. The number of carbonyl (C=O) groups excluding carboxylic acids is 2. The summed E-state index contributed by atoms with van der Waals surface area (Å²) in [5.41, 5.74) is 0.746. The number of carbonyl (C=O) groups is 2. The summed E-state index contributed by atoms with van der Waals surface area (Å²) in [5, 5.41) is 0.273. The van der Waals surface area contributed by atoms with Crippen molar-refractivity contribution < 1.29 is 14.3 Å². The number of hydrogen-bond donors (Lipinski definition) is 0. The number of methoxy groups -OCH3 is 1. The van der Waals surface area contributed by atoms with Crippen LogP contribution in [0.25, 0.3) is 0 Å². The molecular weight excluding hydrogens is 295 g/mol. The van der Waals surface area contributed by atoms with Crippen molar-refractivity contribution in [2.24, 2.45) is 0 Å². The van der Waals surface area contributed by atoms with E-state index in [2.05, 4.69) is 20.7 Å². The molecule has 0 heterocycles. The number of esters is 1. The minimum absolute atomic E-state index is 0.104. The van der Waals surface area contributed by atoms with Gasteiger partial charge >= 0.3 is 5.97 Å². The van der Waals surface area contributed by atoms with E-state index in [9.17, 15) is 9.59 Å². The lowest BCUT2D eigenvalue weighted by atomic mass is 10.0. The summed E-state index contributed by atoms with van der Waals surface area (Å²) >= 11 is 9.14. The normalized spacial score (nSPS) is 12.0. The average molecular weight is 306 g/mol. The maximum atomic E-state index is 11.5. The van der Waals surface area contributed by atoms with E-state index in [-0.39, 0.29) is 16.4 Å². The van der Waals surface area contributed by atoms with Gasteiger partial charge in [-0.25, -0.2) is 4.79 Å². The molecule has 3 nitrogen and oxygen atoms in total. The predicted molar refractivity (Wildman–Crippen MR) is 65.1 cm³/mol. The Morgan fingerprint density at radius 3 is 2.56 bits per heavy atom. The maximum Gasteiger partial charge on any atom is 0.339 e. The monoisotopic (exact) mass is 304 g/mol. The van der Waals surface area contributed by atoms with E-state index in [4.69, 9.17) is 11.6 Å². The first kappa shape index (κ1) is 13.2. The fourth-order valence-corrected chi connectivity index (χ4v) is 1.93. The molecule has 5 heteroatoms. The van der Waals surface area contributed by atoms with Crippen LogP contribution in [0, 0.1) is 0 Å². The largest absolute Gasteiger partial charge is 0.465 e. The molecule has 0 aliphatic heterocycles. The Morgan fingerprint density at radius 1 is 1.44 bits per heavy atom. The molecule has 0 aromatic heterocycles. The number of ketones is 1. The van der Waals surface area contributed by atoms with Gasteiger partial charge in [-0.3, -0.25) is 4.79 Å². The van der Waals surface area contributed by atoms with Gasteiger partial charge in [0.25, 0.3) is 0 Å². The van der Waals surface area contributed by atoms with Gasteiger partial charge in [0.15, 0.2) is 0 Å². The lowest BCUT2D eigenvalue weighted by Crippen LogP contribution is -2.11. The van der Waals surface area contributed by atoms with Crippen LogP contribution in [0.3, 0.4) is 0 Å². The first-order valence-electron chi connectivity index (χ1n) is 4.50. The van der Waals surface area contributed by atoms with E-state index in [0.717, 1.165) is 0 Å². The summed E-state index contributed by atoms with van der Waals surface area (Å²) in [6.45, 7) is 1.43. The molecule has 1 atom stereocenters. The van der Waals surface area contributed by atoms with Crippen molar-refractivity contribution in [2.75, 3.05) is 7.11 Å². The van der Waals surface area contributed by atoms with Crippen LogP contribution in [0.1, 0.15) is 27.7 Å². The number of rotatable bonds is 3. The molecule has 1 rings (SSSR count). The van der Waals surface area contributed by atoms with Gasteiger partial charge in [0, 0.05) is 0 Å². The minimum Gasteiger partial charge on any atom is -0.465 e. The number of ether oxygens (including phenoxy) is 1. The molecule has 0 N–H and O–H groups in total. The van der Waals surface area contributed by atoms with E-state index in [0.29, 0.717) is 5.56 Å². The van der Waals surface area contributed by atoms with E-state index in [1.807, 2.05) is 0 Å². The van der Waals surface area contributed by atoms with Crippen molar-refractivity contribution in [3.05, 3.63) is 34.3 Å². The zero-order chi connectivity index (χ0) is 12.3. The molecule has 0 spiro atoms. The lowest BCUT2D eigenvalue weighted by Gasteiger charge is -2.12. The second-order valence-corrected chi connectivity index (χ2v) is 4.49. The zero-order valence-corrected chi connectivity index (χ0v) is 11.1. The summed E-state index contributed by atoms with van der Waals surface area (Å²) in [6.07, 6.45) is 0. The van der Waals surface area contributed by atoms with Crippen molar-refractivity contribution in [3.63, 3.8) is 0 Å². The van der Waals surface area contributed by atoms with Gasteiger partial charge in [-0.15, -0.1) is 0 Å². The summed E-state index contributed by atoms with van der Waals surface area (Å²) in [6, 6.07) is 4.93. The van der Waals surface area contributed by atoms with Crippen LogP contribution in [0.4, 0.5) is 0 Å². The van der Waals surface area contributed by atoms with Gasteiger partial charge in [0.1, 0.15) is 5.78 Å².